The van der Waals surface area contributed by atoms with E-state index in [1.807, 2.05) is 0 Å². The van der Waals surface area contributed by atoms with E-state index in [1.165, 1.54) is 37.3 Å². The lowest BCUT2D eigenvalue weighted by atomic mass is 10.2. The Hall–Kier alpha value is -3.19. The van der Waals surface area contributed by atoms with E-state index in [0.717, 1.165) is 0 Å². The van der Waals surface area contributed by atoms with Crippen LogP contribution >= 0.6 is 11.6 Å². The van der Waals surface area contributed by atoms with Crippen LogP contribution in [0.4, 0.5) is 10.2 Å². The van der Waals surface area contributed by atoms with E-state index in [1.54, 1.807) is 29.1 Å². The molecule has 8 heteroatoms. The molecule has 0 saturated carbocycles. The molecule has 0 radical (unpaired) electrons. The molecule has 0 unspecified atom stereocenters. The summed E-state index contributed by atoms with van der Waals surface area (Å²) in [5, 5.41) is 6.98. The molecule has 27 heavy (non-hydrogen) atoms. The maximum atomic E-state index is 13.7. The average Bonchev–Trinajstić information content (AvgIpc) is 3.24. The first-order chi connectivity index (χ1) is 12.9. The van der Waals surface area contributed by atoms with Gasteiger partial charge in [0.15, 0.2) is 17.4 Å². The average molecular weight is 388 g/mol. The van der Waals surface area contributed by atoms with Crippen LogP contribution in [0, 0.1) is 5.82 Å². The van der Waals surface area contributed by atoms with Gasteiger partial charge in [0.2, 0.25) is 5.91 Å². The van der Waals surface area contributed by atoms with Crippen LogP contribution in [0.3, 0.4) is 0 Å². The van der Waals surface area contributed by atoms with Gasteiger partial charge in [-0.05, 0) is 30.3 Å². The largest absolute Gasteiger partial charge is 0.456 e. The number of aromatic nitrogens is 2. The van der Waals surface area contributed by atoms with Crippen LogP contribution in [-0.2, 0) is 11.3 Å². The van der Waals surface area contributed by atoms with Crippen LogP contribution in [0.25, 0.3) is 6.08 Å². The number of ketones is 1. The number of Topliss-reactive ketones (excluding diaryl/α,β-unsaturated/α-hetero) is 1. The molecule has 1 amide bonds. The number of halogens is 2. The fourth-order valence-corrected chi connectivity index (χ4v) is 2.55. The van der Waals surface area contributed by atoms with E-state index in [2.05, 4.69) is 10.4 Å². The summed E-state index contributed by atoms with van der Waals surface area (Å²) < 4.78 is 20.6. The molecule has 6 nitrogen and oxygen atoms in total. The van der Waals surface area contributed by atoms with E-state index < -0.39 is 11.7 Å². The number of nitrogens with one attached hydrogen (secondary N) is 1. The molecular formula is C19H15ClFN3O3. The normalized spacial score (nSPS) is 11.1. The van der Waals surface area contributed by atoms with E-state index in [-0.39, 0.29) is 22.1 Å². The van der Waals surface area contributed by atoms with Crippen LogP contribution in [-0.4, -0.2) is 21.5 Å². The second kappa shape index (κ2) is 8.01. The number of nitrogens with zero attached hydrogens (tertiary/aromatic N) is 2. The highest BCUT2D eigenvalue weighted by atomic mass is 35.5. The van der Waals surface area contributed by atoms with Gasteiger partial charge in [-0.25, -0.2) is 4.39 Å². The van der Waals surface area contributed by atoms with Crippen molar-refractivity contribution >= 4 is 35.2 Å². The van der Waals surface area contributed by atoms with Gasteiger partial charge >= 0.3 is 0 Å². The van der Waals surface area contributed by atoms with Gasteiger partial charge in [0.05, 0.1) is 11.6 Å². The zero-order valence-electron chi connectivity index (χ0n) is 14.3. The molecule has 1 N–H and O–H groups in total. The molecule has 0 aliphatic heterocycles. The molecule has 0 fully saturated rings. The highest BCUT2D eigenvalue weighted by Crippen LogP contribution is 2.20. The van der Waals surface area contributed by atoms with E-state index in [0.29, 0.717) is 18.1 Å². The maximum absolute atomic E-state index is 13.7. The summed E-state index contributed by atoms with van der Waals surface area (Å²) in [6.07, 6.45) is 4.13. The summed E-state index contributed by atoms with van der Waals surface area (Å²) in [4.78, 5) is 23.2. The van der Waals surface area contributed by atoms with Gasteiger partial charge in [-0.2, -0.15) is 5.10 Å². The second-order valence-corrected chi connectivity index (χ2v) is 6.09. The number of amides is 1. The van der Waals surface area contributed by atoms with Crippen molar-refractivity contribution in [2.24, 2.45) is 0 Å². The van der Waals surface area contributed by atoms with Gasteiger partial charge in [0, 0.05) is 30.8 Å². The van der Waals surface area contributed by atoms with Crippen molar-refractivity contribution in [1.29, 1.82) is 0 Å². The Balaban J connectivity index is 1.62. The molecule has 0 bridgehead atoms. The minimum absolute atomic E-state index is 0.138. The Morgan fingerprint density at radius 3 is 2.81 bits per heavy atom. The summed E-state index contributed by atoms with van der Waals surface area (Å²) in [5.74, 6) is 0.0209. The molecule has 3 aromatic rings. The summed E-state index contributed by atoms with van der Waals surface area (Å²) >= 11 is 5.91. The Morgan fingerprint density at radius 1 is 1.30 bits per heavy atom. The molecule has 0 spiro atoms. The standard InChI is InChI=1S/C19H15ClFN3O3/c1-12(25)17-7-5-13(27-17)11-24-10-9-18(23-24)22-19(26)8-6-14-15(20)3-2-4-16(14)21/h2-10H,11H2,1H3,(H,22,23,26)/b8-6-. The summed E-state index contributed by atoms with van der Waals surface area (Å²) in [6, 6.07) is 9.18. The van der Waals surface area contributed by atoms with Crippen LogP contribution in [0.5, 0.6) is 0 Å². The summed E-state index contributed by atoms with van der Waals surface area (Å²) in [7, 11) is 0. The molecular weight excluding hydrogens is 373 g/mol. The maximum Gasteiger partial charge on any atom is 0.249 e. The van der Waals surface area contributed by atoms with Crippen LogP contribution < -0.4 is 5.32 Å². The lowest BCUT2D eigenvalue weighted by Gasteiger charge is -2.00. The van der Waals surface area contributed by atoms with E-state index in [4.69, 9.17) is 16.0 Å². The zero-order valence-corrected chi connectivity index (χ0v) is 15.0. The Kier molecular flexibility index (Phi) is 5.52. The number of hydrogen-bond donors (Lipinski definition) is 1. The first-order valence-corrected chi connectivity index (χ1v) is 8.36. The van der Waals surface area contributed by atoms with Gasteiger partial charge in [0.25, 0.3) is 0 Å². The Morgan fingerprint density at radius 2 is 2.11 bits per heavy atom. The van der Waals surface area contributed by atoms with Crippen LogP contribution in [0.1, 0.15) is 28.8 Å². The van der Waals surface area contributed by atoms with Crippen LogP contribution in [0.2, 0.25) is 5.02 Å². The first kappa shape index (κ1) is 18.6. The van der Waals surface area contributed by atoms with Crippen molar-refractivity contribution in [3.8, 4) is 0 Å². The van der Waals surface area contributed by atoms with Gasteiger partial charge < -0.3 is 9.73 Å². The molecule has 0 saturated heterocycles. The monoisotopic (exact) mass is 387 g/mol. The number of carbonyl (C=O) groups is 2. The predicted octanol–water partition coefficient (Wildman–Crippen LogP) is 4.17. The summed E-state index contributed by atoms with van der Waals surface area (Å²) in [6.45, 7) is 1.73. The SMILES string of the molecule is CC(=O)c1ccc(Cn2ccc(NC(=O)/C=C\c3c(F)cccc3Cl)n2)o1. The zero-order chi connectivity index (χ0) is 19.4. The predicted molar refractivity (Wildman–Crippen MR) is 99.1 cm³/mol. The van der Waals surface area contributed by atoms with Crippen molar-refractivity contribution < 1.29 is 18.4 Å². The lowest BCUT2D eigenvalue weighted by molar-refractivity contribution is -0.111. The number of hydrogen-bond acceptors (Lipinski definition) is 4. The highest BCUT2D eigenvalue weighted by Gasteiger charge is 2.09. The first-order valence-electron chi connectivity index (χ1n) is 7.98. The molecule has 138 valence electrons. The molecule has 1 aromatic carbocycles. The fourth-order valence-electron chi connectivity index (χ4n) is 2.33. The number of rotatable bonds is 6. The highest BCUT2D eigenvalue weighted by molar-refractivity contribution is 6.32. The van der Waals surface area contributed by atoms with Crippen molar-refractivity contribution in [3.05, 3.63) is 76.6 Å². The molecule has 3 rings (SSSR count). The Bertz CT molecular complexity index is 1000. The fraction of sp³-hybridized carbons (Fsp3) is 0.105. The minimum atomic E-state index is -0.515. The van der Waals surface area contributed by atoms with Crippen molar-refractivity contribution in [3.63, 3.8) is 0 Å². The topological polar surface area (TPSA) is 77.1 Å². The van der Waals surface area contributed by atoms with Gasteiger partial charge in [-0.3, -0.25) is 14.3 Å². The number of furan rings is 1. The van der Waals surface area contributed by atoms with Crippen LogP contribution in [0.15, 0.2) is 53.1 Å². The number of anilines is 1. The van der Waals surface area contributed by atoms with Crippen molar-refractivity contribution in [1.82, 2.24) is 9.78 Å². The van der Waals surface area contributed by atoms with E-state index >= 15 is 0 Å². The van der Waals surface area contributed by atoms with E-state index in [9.17, 15) is 14.0 Å². The second-order valence-electron chi connectivity index (χ2n) is 5.68. The molecule has 0 atom stereocenters. The third kappa shape index (κ3) is 4.71. The molecule has 2 aromatic heterocycles. The smallest absolute Gasteiger partial charge is 0.249 e. The van der Waals surface area contributed by atoms with Gasteiger partial charge in [0.1, 0.15) is 11.6 Å². The van der Waals surface area contributed by atoms with Gasteiger partial charge in [-0.1, -0.05) is 17.7 Å². The number of carbonyl (C=O) groups excluding carboxylic acids is 2. The quantitative estimate of drug-likeness (QED) is 0.508. The third-order valence-electron chi connectivity index (χ3n) is 3.62. The Labute approximate surface area is 159 Å². The van der Waals surface area contributed by atoms with Gasteiger partial charge in [-0.15, -0.1) is 0 Å². The molecule has 0 aliphatic carbocycles. The third-order valence-corrected chi connectivity index (χ3v) is 3.95. The minimum Gasteiger partial charge on any atom is -0.456 e. The molecule has 2 heterocycles. The molecule has 0 aliphatic rings. The number of benzene rings is 1. The summed E-state index contributed by atoms with van der Waals surface area (Å²) in [5.41, 5.74) is 0.138. The van der Waals surface area contributed by atoms with Crippen molar-refractivity contribution in [2.45, 2.75) is 13.5 Å². The lowest BCUT2D eigenvalue weighted by Crippen LogP contribution is -2.09. The van der Waals surface area contributed by atoms with Crippen molar-refractivity contribution in [2.75, 3.05) is 5.32 Å².